The number of hydrogen-bond donors (Lipinski definition) is 2. The lowest BCUT2D eigenvalue weighted by Crippen LogP contribution is -1.96. The van der Waals surface area contributed by atoms with Crippen molar-refractivity contribution in [2.24, 2.45) is 5.73 Å². The molecule has 1 aromatic rings. The van der Waals surface area contributed by atoms with E-state index in [4.69, 9.17) is 9.90 Å². The lowest BCUT2D eigenvalue weighted by atomic mass is 10.1. The van der Waals surface area contributed by atoms with Crippen LogP contribution in [0.15, 0.2) is 24.5 Å². The molecule has 0 unspecified atom stereocenters. The van der Waals surface area contributed by atoms with Crippen LogP contribution in [0.3, 0.4) is 0 Å². The number of nitrogens with two attached hydrogens (primary N) is 1. The maximum absolute atomic E-state index is 10.2. The molecule has 5 nitrogen and oxygen atoms in total. The van der Waals surface area contributed by atoms with E-state index in [-0.39, 0.29) is 12.8 Å². The lowest BCUT2D eigenvalue weighted by molar-refractivity contribution is -0.136. The first-order valence-corrected chi connectivity index (χ1v) is 3.96. The number of primary amides is 1. The van der Waals surface area contributed by atoms with Crippen LogP contribution in [0.25, 0.3) is 0 Å². The Morgan fingerprint density at radius 1 is 1.50 bits per heavy atom. The van der Waals surface area contributed by atoms with E-state index in [9.17, 15) is 4.79 Å². The van der Waals surface area contributed by atoms with Crippen molar-refractivity contribution in [3.8, 4) is 0 Å². The molecule has 3 N–H and O–H groups in total. The monoisotopic (exact) mass is 196 g/mol. The predicted molar refractivity (Wildman–Crippen MR) is 50.4 cm³/mol. The van der Waals surface area contributed by atoms with Crippen LogP contribution >= 0.6 is 0 Å². The summed E-state index contributed by atoms with van der Waals surface area (Å²) in [4.78, 5) is 22.6. The topological polar surface area (TPSA) is 93.3 Å². The quantitative estimate of drug-likeness (QED) is 0.675. The molecule has 0 aliphatic heterocycles. The van der Waals surface area contributed by atoms with Gasteiger partial charge in [-0.05, 0) is 24.1 Å². The molecule has 0 saturated carbocycles. The summed E-state index contributed by atoms with van der Waals surface area (Å²) in [5, 5.41) is 8.36. The normalized spacial score (nSPS) is 8.29. The zero-order valence-corrected chi connectivity index (χ0v) is 7.59. The molecule has 1 heterocycles. The highest BCUT2D eigenvalue weighted by atomic mass is 16.4. The molecule has 76 valence electrons. The molecular formula is C9H12N2O3. The summed E-state index contributed by atoms with van der Waals surface area (Å²) in [6.07, 6.45) is 4.34. The molecular weight excluding hydrogens is 184 g/mol. The third kappa shape index (κ3) is 6.78. The van der Waals surface area contributed by atoms with Crippen molar-refractivity contribution in [3.63, 3.8) is 0 Å². The molecule has 0 atom stereocenters. The summed E-state index contributed by atoms with van der Waals surface area (Å²) in [6, 6.07) is 3.64. The van der Waals surface area contributed by atoms with E-state index >= 15 is 0 Å². The Balaban J connectivity index is 0.000000500. The first-order valence-electron chi connectivity index (χ1n) is 3.96. The number of carboxylic acids is 1. The second-order valence-electron chi connectivity index (χ2n) is 2.39. The number of nitrogens with zero attached hydrogens (tertiary/aromatic N) is 1. The van der Waals surface area contributed by atoms with Gasteiger partial charge in [-0.2, -0.15) is 0 Å². The molecule has 14 heavy (non-hydrogen) atoms. The van der Waals surface area contributed by atoms with Crippen molar-refractivity contribution in [1.29, 1.82) is 0 Å². The number of pyridine rings is 1. The number of aliphatic carboxylic acids is 1. The smallest absolute Gasteiger partial charge is 0.303 e. The fourth-order valence-electron chi connectivity index (χ4n) is 0.801. The molecule has 0 aromatic carbocycles. The zero-order valence-electron chi connectivity index (χ0n) is 7.59. The minimum absolute atomic E-state index is 0.185. The van der Waals surface area contributed by atoms with E-state index in [0.29, 0.717) is 6.42 Å². The SMILES string of the molecule is NC=O.O=C(O)CCc1ccncc1. The minimum Gasteiger partial charge on any atom is -0.481 e. The maximum atomic E-state index is 10.2. The number of carboxylic acid groups (broad SMARTS) is 1. The largest absolute Gasteiger partial charge is 0.481 e. The van der Waals surface area contributed by atoms with Gasteiger partial charge in [0.1, 0.15) is 0 Å². The van der Waals surface area contributed by atoms with Crippen molar-refractivity contribution >= 4 is 12.4 Å². The number of aromatic nitrogens is 1. The molecule has 0 bridgehead atoms. The van der Waals surface area contributed by atoms with Gasteiger partial charge in [-0.1, -0.05) is 0 Å². The Kier molecular flexibility index (Phi) is 6.67. The van der Waals surface area contributed by atoms with Crippen molar-refractivity contribution in [3.05, 3.63) is 30.1 Å². The third-order valence-corrected chi connectivity index (χ3v) is 1.38. The van der Waals surface area contributed by atoms with E-state index in [1.54, 1.807) is 12.4 Å². The third-order valence-electron chi connectivity index (χ3n) is 1.38. The molecule has 0 aliphatic carbocycles. The van der Waals surface area contributed by atoms with Crippen LogP contribution in [0, 0.1) is 0 Å². The van der Waals surface area contributed by atoms with Gasteiger partial charge in [0.25, 0.3) is 0 Å². The molecule has 0 spiro atoms. The zero-order chi connectivity index (χ0) is 10.8. The molecule has 1 amide bonds. The maximum Gasteiger partial charge on any atom is 0.303 e. The van der Waals surface area contributed by atoms with Gasteiger partial charge >= 0.3 is 5.97 Å². The second-order valence-corrected chi connectivity index (χ2v) is 2.39. The molecule has 0 radical (unpaired) electrons. The summed E-state index contributed by atoms with van der Waals surface area (Å²) < 4.78 is 0. The van der Waals surface area contributed by atoms with Gasteiger partial charge in [0.15, 0.2) is 0 Å². The van der Waals surface area contributed by atoms with Gasteiger partial charge in [0.2, 0.25) is 6.41 Å². The number of aryl methyl sites for hydroxylation is 1. The Hall–Kier alpha value is -1.91. The lowest BCUT2D eigenvalue weighted by Gasteiger charge is -1.95. The summed E-state index contributed by atoms with van der Waals surface area (Å²) in [5.41, 5.74) is 5.18. The van der Waals surface area contributed by atoms with E-state index in [1.807, 2.05) is 12.1 Å². The molecule has 0 aliphatic rings. The number of amides is 1. The van der Waals surface area contributed by atoms with Crippen LogP contribution in [-0.2, 0) is 16.0 Å². The summed E-state index contributed by atoms with van der Waals surface area (Å²) in [6.45, 7) is 0. The Bertz CT molecular complexity index is 275. The van der Waals surface area contributed by atoms with Gasteiger partial charge in [0, 0.05) is 18.8 Å². The Labute approximate surface area is 81.6 Å². The summed E-state index contributed by atoms with van der Waals surface area (Å²) >= 11 is 0. The average molecular weight is 196 g/mol. The fourth-order valence-corrected chi connectivity index (χ4v) is 0.801. The molecule has 0 saturated heterocycles. The van der Waals surface area contributed by atoms with Crippen molar-refractivity contribution in [2.45, 2.75) is 12.8 Å². The van der Waals surface area contributed by atoms with E-state index in [2.05, 4.69) is 10.7 Å². The highest BCUT2D eigenvalue weighted by Crippen LogP contribution is 1.99. The van der Waals surface area contributed by atoms with Crippen LogP contribution < -0.4 is 5.73 Å². The Morgan fingerprint density at radius 2 is 2.00 bits per heavy atom. The Morgan fingerprint density at radius 3 is 2.43 bits per heavy atom. The van der Waals surface area contributed by atoms with Gasteiger partial charge in [0.05, 0.1) is 0 Å². The van der Waals surface area contributed by atoms with Crippen molar-refractivity contribution in [1.82, 2.24) is 4.98 Å². The van der Waals surface area contributed by atoms with Gasteiger partial charge in [-0.25, -0.2) is 0 Å². The number of rotatable bonds is 3. The van der Waals surface area contributed by atoms with Gasteiger partial charge in [-0.3, -0.25) is 14.6 Å². The summed E-state index contributed by atoms with van der Waals surface area (Å²) in [7, 11) is 0. The molecule has 1 rings (SSSR count). The highest BCUT2D eigenvalue weighted by Gasteiger charge is 1.96. The molecule has 5 heteroatoms. The van der Waals surface area contributed by atoms with E-state index < -0.39 is 5.97 Å². The number of hydrogen-bond acceptors (Lipinski definition) is 3. The van der Waals surface area contributed by atoms with E-state index in [0.717, 1.165) is 5.56 Å². The number of carbonyl (C=O) groups is 2. The summed E-state index contributed by atoms with van der Waals surface area (Å²) in [5.74, 6) is -0.762. The van der Waals surface area contributed by atoms with Crippen molar-refractivity contribution in [2.75, 3.05) is 0 Å². The second kappa shape index (κ2) is 7.72. The highest BCUT2D eigenvalue weighted by molar-refractivity contribution is 5.67. The van der Waals surface area contributed by atoms with Crippen molar-refractivity contribution < 1.29 is 14.7 Å². The first-order chi connectivity index (χ1) is 6.70. The minimum atomic E-state index is -0.762. The van der Waals surface area contributed by atoms with Crippen LogP contribution in [-0.4, -0.2) is 22.5 Å². The predicted octanol–water partition coefficient (Wildman–Crippen LogP) is 0.200. The van der Waals surface area contributed by atoms with Crippen LogP contribution in [0.2, 0.25) is 0 Å². The van der Waals surface area contributed by atoms with Crippen LogP contribution in [0.1, 0.15) is 12.0 Å². The van der Waals surface area contributed by atoms with Gasteiger partial charge < -0.3 is 10.8 Å². The van der Waals surface area contributed by atoms with Crippen LogP contribution in [0.4, 0.5) is 0 Å². The van der Waals surface area contributed by atoms with Crippen LogP contribution in [0.5, 0.6) is 0 Å². The molecule has 0 fully saturated rings. The standard InChI is InChI=1S/C8H9NO2.CH3NO/c10-8(11)2-1-7-3-5-9-6-4-7;2-1-3/h3-6H,1-2H2,(H,10,11);1H,(H2,2,3). The number of carbonyl (C=O) groups excluding carboxylic acids is 1. The van der Waals surface area contributed by atoms with Gasteiger partial charge in [-0.15, -0.1) is 0 Å². The molecule has 1 aromatic heterocycles. The average Bonchev–Trinajstić information content (AvgIpc) is 2.18. The first kappa shape index (κ1) is 12.1. The van der Waals surface area contributed by atoms with E-state index in [1.165, 1.54) is 0 Å². The fraction of sp³-hybridized carbons (Fsp3) is 0.222.